The molecule has 6 nitrogen and oxygen atoms in total. The molecule has 312 valence electrons. The number of hydrogen-bond donors (Lipinski definition) is 2. The van der Waals surface area contributed by atoms with Gasteiger partial charge in [-0.3, -0.25) is 0 Å². The minimum Gasteiger partial charge on any atom is -0.450 e. The fourth-order valence-electron chi connectivity index (χ4n) is 6.78. The first kappa shape index (κ1) is 51.2. The molecule has 2 aromatic rings. The molecule has 0 aliphatic carbocycles. The van der Waals surface area contributed by atoms with E-state index < -0.39 is 12.2 Å². The Morgan fingerprint density at radius 1 is 0.352 bits per heavy atom. The summed E-state index contributed by atoms with van der Waals surface area (Å²) in [5.74, 6) is 0. The Kier molecular flexibility index (Phi) is 40.8. The van der Waals surface area contributed by atoms with Gasteiger partial charge in [0.05, 0.1) is 13.2 Å². The van der Waals surface area contributed by atoms with Crippen LogP contribution in [0.15, 0.2) is 48.5 Å². The monoisotopic (exact) mass is 755 g/mol. The second kappa shape index (κ2) is 43.0. The summed E-state index contributed by atoms with van der Waals surface area (Å²) in [4.78, 5) is 20.7. The van der Waals surface area contributed by atoms with Crippen molar-refractivity contribution in [1.82, 2.24) is 0 Å². The van der Waals surface area contributed by atoms with E-state index >= 15 is 0 Å². The second-order valence-corrected chi connectivity index (χ2v) is 15.3. The van der Waals surface area contributed by atoms with Crippen molar-refractivity contribution in [2.75, 3.05) is 13.2 Å². The Morgan fingerprint density at radius 3 is 0.722 bits per heavy atom. The van der Waals surface area contributed by atoms with Crippen LogP contribution in [0.2, 0.25) is 0 Å². The lowest BCUT2D eigenvalue weighted by atomic mass is 10.0. The van der Waals surface area contributed by atoms with Crippen molar-refractivity contribution in [2.24, 2.45) is 11.5 Å². The predicted molar refractivity (Wildman–Crippen MR) is 234 cm³/mol. The van der Waals surface area contributed by atoms with E-state index in [1.165, 1.54) is 191 Å². The van der Waals surface area contributed by atoms with Gasteiger partial charge in [-0.2, -0.15) is 0 Å². The van der Waals surface area contributed by atoms with E-state index in [4.69, 9.17) is 20.9 Å². The Hall–Kier alpha value is -2.76. The molecular weight excluding hydrogens is 669 g/mol. The first-order valence-corrected chi connectivity index (χ1v) is 22.8. The molecule has 0 aromatic heterocycles. The van der Waals surface area contributed by atoms with E-state index in [2.05, 4.69) is 62.4 Å². The molecule has 0 atom stereocenters. The third kappa shape index (κ3) is 40.4. The van der Waals surface area contributed by atoms with Gasteiger partial charge in [0.2, 0.25) is 0 Å². The first-order chi connectivity index (χ1) is 26.5. The smallest absolute Gasteiger partial charge is 0.404 e. The number of rotatable bonds is 34. The largest absolute Gasteiger partial charge is 0.450 e. The van der Waals surface area contributed by atoms with E-state index in [-0.39, 0.29) is 0 Å². The average molecular weight is 755 g/mol. The number of amides is 2. The number of carbonyl (C=O) groups is 2. The average Bonchev–Trinajstić information content (AvgIpc) is 3.17. The van der Waals surface area contributed by atoms with Gasteiger partial charge in [0, 0.05) is 0 Å². The maximum atomic E-state index is 10.4. The Labute approximate surface area is 333 Å². The molecule has 0 unspecified atom stereocenters. The number of nitrogens with two attached hydrogens (primary N) is 2. The predicted octanol–water partition coefficient (Wildman–Crippen LogP) is 15.5. The van der Waals surface area contributed by atoms with Crippen LogP contribution >= 0.6 is 0 Å². The van der Waals surface area contributed by atoms with Crippen LogP contribution < -0.4 is 11.5 Å². The fourth-order valence-corrected chi connectivity index (χ4v) is 6.78. The van der Waals surface area contributed by atoms with Crippen LogP contribution in [-0.2, 0) is 9.47 Å². The van der Waals surface area contributed by atoms with Gasteiger partial charge < -0.3 is 20.9 Å². The highest BCUT2D eigenvalue weighted by molar-refractivity contribution is 5.82. The summed E-state index contributed by atoms with van der Waals surface area (Å²) < 4.78 is 9.40. The minimum absolute atomic E-state index is 0.480. The summed E-state index contributed by atoms with van der Waals surface area (Å²) in [5.41, 5.74) is 9.80. The van der Waals surface area contributed by atoms with Crippen molar-refractivity contribution in [3.63, 3.8) is 0 Å². The quantitative estimate of drug-likeness (QED) is 0.0694. The van der Waals surface area contributed by atoms with E-state index in [0.717, 1.165) is 25.7 Å². The number of carbonyl (C=O) groups excluding carboxylic acids is 2. The number of benzene rings is 2. The van der Waals surface area contributed by atoms with Gasteiger partial charge in [-0.15, -0.1) is 0 Å². The van der Waals surface area contributed by atoms with Crippen LogP contribution in [0.1, 0.15) is 219 Å². The van der Waals surface area contributed by atoms with E-state index in [1.54, 1.807) is 0 Å². The van der Waals surface area contributed by atoms with Gasteiger partial charge >= 0.3 is 12.2 Å². The lowest BCUT2D eigenvalue weighted by molar-refractivity contribution is 0.153. The Morgan fingerprint density at radius 2 is 0.537 bits per heavy atom. The Balaban J connectivity index is 0.000000828. The summed E-state index contributed by atoms with van der Waals surface area (Å²) in [7, 11) is 0. The molecule has 0 aliphatic heterocycles. The molecule has 2 rings (SSSR count). The molecule has 2 amide bonds. The summed E-state index contributed by atoms with van der Waals surface area (Å²) in [6.45, 7) is 5.51. The van der Waals surface area contributed by atoms with Crippen LogP contribution in [0, 0.1) is 0 Å². The van der Waals surface area contributed by atoms with Crippen LogP contribution in [0.4, 0.5) is 9.59 Å². The maximum Gasteiger partial charge on any atom is 0.404 e. The SMILES string of the molecule is CCCCCCCCCCCCCCCCCCOC(N)=O.CCCCCCCCCCCCCCCCCCOC(N)=O.c1ccc2ccccc2c1. The molecular formula is C48H86N2O4. The lowest BCUT2D eigenvalue weighted by Gasteiger charge is -2.04. The summed E-state index contributed by atoms with van der Waals surface area (Å²) in [5, 5.41) is 2.62. The second-order valence-electron chi connectivity index (χ2n) is 15.3. The van der Waals surface area contributed by atoms with Crippen molar-refractivity contribution < 1.29 is 19.1 Å². The summed E-state index contributed by atoms with van der Waals surface area (Å²) in [6, 6.07) is 16.7. The van der Waals surface area contributed by atoms with Crippen LogP contribution in [0.3, 0.4) is 0 Å². The third-order valence-corrected chi connectivity index (χ3v) is 10.1. The third-order valence-electron chi connectivity index (χ3n) is 10.1. The zero-order valence-electron chi connectivity index (χ0n) is 35.4. The van der Waals surface area contributed by atoms with Gasteiger partial charge in [-0.25, -0.2) is 9.59 Å². The van der Waals surface area contributed by atoms with E-state index in [9.17, 15) is 9.59 Å². The minimum atomic E-state index is -0.652. The molecule has 54 heavy (non-hydrogen) atoms. The van der Waals surface area contributed by atoms with Gasteiger partial charge in [0.25, 0.3) is 0 Å². The summed E-state index contributed by atoms with van der Waals surface area (Å²) >= 11 is 0. The normalized spacial score (nSPS) is 10.6. The molecule has 0 saturated heterocycles. The zero-order chi connectivity index (χ0) is 39.4. The first-order valence-electron chi connectivity index (χ1n) is 22.8. The highest BCUT2D eigenvalue weighted by atomic mass is 16.5. The number of fused-ring (bicyclic) bond motifs is 1. The fraction of sp³-hybridized carbons (Fsp3) is 0.750. The number of hydrogen-bond acceptors (Lipinski definition) is 4. The molecule has 0 bridgehead atoms. The van der Waals surface area contributed by atoms with Gasteiger partial charge in [0.15, 0.2) is 0 Å². The van der Waals surface area contributed by atoms with Gasteiger partial charge in [0.1, 0.15) is 0 Å². The van der Waals surface area contributed by atoms with Crippen molar-refractivity contribution >= 4 is 23.0 Å². The van der Waals surface area contributed by atoms with Crippen molar-refractivity contribution in [1.29, 1.82) is 0 Å². The van der Waals surface area contributed by atoms with Gasteiger partial charge in [-0.1, -0.05) is 255 Å². The molecule has 2 aromatic carbocycles. The molecule has 0 heterocycles. The van der Waals surface area contributed by atoms with E-state index in [1.807, 2.05) is 0 Å². The number of ether oxygens (including phenoxy) is 2. The molecule has 0 saturated carbocycles. The van der Waals surface area contributed by atoms with Crippen molar-refractivity contribution in [3.8, 4) is 0 Å². The van der Waals surface area contributed by atoms with Crippen LogP contribution in [0.5, 0.6) is 0 Å². The molecule has 6 heteroatoms. The van der Waals surface area contributed by atoms with Crippen molar-refractivity contribution in [3.05, 3.63) is 48.5 Å². The van der Waals surface area contributed by atoms with E-state index in [0.29, 0.717) is 13.2 Å². The van der Waals surface area contributed by atoms with Crippen LogP contribution in [-0.4, -0.2) is 25.4 Å². The maximum absolute atomic E-state index is 10.4. The van der Waals surface area contributed by atoms with Gasteiger partial charge in [-0.05, 0) is 23.6 Å². The number of primary amides is 2. The number of unbranched alkanes of at least 4 members (excludes halogenated alkanes) is 30. The molecule has 0 aliphatic rings. The molecule has 4 N–H and O–H groups in total. The van der Waals surface area contributed by atoms with Crippen molar-refractivity contribution in [2.45, 2.75) is 219 Å². The molecule has 0 fully saturated rings. The lowest BCUT2D eigenvalue weighted by Crippen LogP contribution is -2.13. The molecule has 0 radical (unpaired) electrons. The zero-order valence-corrected chi connectivity index (χ0v) is 35.4. The topological polar surface area (TPSA) is 105 Å². The summed E-state index contributed by atoms with van der Waals surface area (Å²) in [6.07, 6.45) is 41.9. The van der Waals surface area contributed by atoms with Crippen LogP contribution in [0.25, 0.3) is 10.8 Å². The Bertz CT molecular complexity index is 948. The highest BCUT2D eigenvalue weighted by Gasteiger charge is 1.98. The standard InChI is InChI=1S/2C19H39NO2.C10H8/c2*1-2-3-4-5-6-7-8-9-10-11-12-13-14-15-16-17-18-22-19(20)21;1-2-6-10-8-4-3-7-9(10)5-1/h2*2-18H2,1H3,(H2,20,21);1-8H. The molecule has 0 spiro atoms. The highest BCUT2D eigenvalue weighted by Crippen LogP contribution is 2.15.